The van der Waals surface area contributed by atoms with Crippen molar-refractivity contribution in [1.82, 2.24) is 20.6 Å². The topological polar surface area (TPSA) is 73.2 Å². The smallest absolute Gasteiger partial charge is 0.323 e. The van der Waals surface area contributed by atoms with E-state index in [0.29, 0.717) is 6.07 Å². The van der Waals surface area contributed by atoms with Crippen LogP contribution in [0.1, 0.15) is 16.8 Å². The average Bonchev–Trinajstić information content (AvgIpc) is 3.22. The number of benzene rings is 2. The number of halogens is 5. The molecule has 1 aromatic heterocycles. The third kappa shape index (κ3) is 4.88. The zero-order chi connectivity index (χ0) is 25.2. The van der Waals surface area contributed by atoms with Crippen LogP contribution in [0.5, 0.6) is 5.75 Å². The summed E-state index contributed by atoms with van der Waals surface area (Å²) in [6, 6.07) is 9.90. The monoisotopic (exact) mass is 493 g/mol. The largest absolute Gasteiger partial charge is 0.487 e. The van der Waals surface area contributed by atoms with Crippen LogP contribution in [0, 0.1) is 17.5 Å². The summed E-state index contributed by atoms with van der Waals surface area (Å²) in [6.45, 7) is -1.04. The molecule has 0 amide bonds. The van der Waals surface area contributed by atoms with E-state index in [4.69, 9.17) is 4.74 Å². The van der Waals surface area contributed by atoms with E-state index in [1.807, 2.05) is 0 Å². The average molecular weight is 493 g/mol. The predicted molar refractivity (Wildman–Crippen MR) is 115 cm³/mol. The Morgan fingerprint density at radius 3 is 2.43 bits per heavy atom. The lowest BCUT2D eigenvalue weighted by molar-refractivity contribution is -0.207. The van der Waals surface area contributed by atoms with Crippen LogP contribution >= 0.6 is 0 Å². The van der Waals surface area contributed by atoms with Gasteiger partial charge in [0.25, 0.3) is 0 Å². The highest BCUT2D eigenvalue weighted by Gasteiger charge is 2.58. The quantitative estimate of drug-likeness (QED) is 0.467. The summed E-state index contributed by atoms with van der Waals surface area (Å²) in [4.78, 5) is 3.71. The number of aromatic nitrogens is 1. The molecule has 7 nitrogen and oxygen atoms in total. The molecule has 0 spiro atoms. The predicted octanol–water partition coefficient (Wildman–Crippen LogP) is 3.67. The third-order valence-electron chi connectivity index (χ3n) is 5.34. The van der Waals surface area contributed by atoms with Gasteiger partial charge in [-0.15, -0.1) is 10.6 Å². The van der Waals surface area contributed by atoms with Gasteiger partial charge in [0.2, 0.25) is 0 Å². The molecule has 0 saturated heterocycles. The van der Waals surface area contributed by atoms with E-state index in [1.165, 1.54) is 36.4 Å². The maximum absolute atomic E-state index is 15.8. The van der Waals surface area contributed by atoms with Gasteiger partial charge in [-0.2, -0.15) is 8.78 Å². The third-order valence-corrected chi connectivity index (χ3v) is 5.34. The van der Waals surface area contributed by atoms with Gasteiger partial charge in [-0.3, -0.25) is 9.99 Å². The molecule has 4 rings (SSSR count). The molecule has 0 saturated carbocycles. The second kappa shape index (κ2) is 9.47. The van der Waals surface area contributed by atoms with Gasteiger partial charge in [0, 0.05) is 24.2 Å². The van der Waals surface area contributed by atoms with Crippen LogP contribution in [0.25, 0.3) is 0 Å². The fourth-order valence-corrected chi connectivity index (χ4v) is 3.52. The van der Waals surface area contributed by atoms with E-state index in [9.17, 15) is 18.3 Å². The Bertz CT molecular complexity index is 1230. The van der Waals surface area contributed by atoms with Crippen molar-refractivity contribution >= 4 is 6.34 Å². The van der Waals surface area contributed by atoms with Gasteiger partial charge in [-0.25, -0.2) is 18.3 Å². The summed E-state index contributed by atoms with van der Waals surface area (Å²) in [5, 5.41) is 17.2. The lowest BCUT2D eigenvalue weighted by Crippen LogP contribution is -2.55. The van der Waals surface area contributed by atoms with E-state index in [-0.39, 0.29) is 17.9 Å². The lowest BCUT2D eigenvalue weighted by atomic mass is 9.84. The Balaban J connectivity index is 1.63. The van der Waals surface area contributed by atoms with E-state index in [2.05, 4.69) is 15.6 Å². The number of alkyl halides is 2. The zero-order valence-corrected chi connectivity index (χ0v) is 18.3. The molecule has 0 radical (unpaired) electrons. The highest BCUT2D eigenvalue weighted by atomic mass is 19.3. The van der Waals surface area contributed by atoms with Gasteiger partial charge in [-0.05, 0) is 30.3 Å². The van der Waals surface area contributed by atoms with Crippen molar-refractivity contribution in [2.24, 2.45) is 5.10 Å². The number of nitrogens with zero attached hydrogens (tertiary/aromatic N) is 4. The minimum absolute atomic E-state index is 0.0688. The molecular formula is C23H20F5N5O2. The Morgan fingerprint density at radius 2 is 1.80 bits per heavy atom. The van der Waals surface area contributed by atoms with Crippen molar-refractivity contribution in [3.63, 3.8) is 0 Å². The standard InChI is InChI=1S/C23H20F5N5O2/c1-32-30-14-33(31-32)13-22(34,18-8-6-16(24)10-20(18)26)23(27,28)21-9-7-17(11-29-21)35-12-15-4-2-3-5-19(15)25/h2-11,14,31,34H,12-13H2,1H3. The summed E-state index contributed by atoms with van der Waals surface area (Å²) in [6.07, 6.45) is 2.10. The van der Waals surface area contributed by atoms with Crippen LogP contribution in [-0.2, 0) is 18.1 Å². The van der Waals surface area contributed by atoms with Crippen LogP contribution in [0.4, 0.5) is 22.0 Å². The maximum Gasteiger partial charge on any atom is 0.323 e. The molecule has 2 heterocycles. The summed E-state index contributed by atoms with van der Waals surface area (Å²) >= 11 is 0. The van der Waals surface area contributed by atoms with Crippen molar-refractivity contribution in [2.75, 3.05) is 13.6 Å². The first-order chi connectivity index (χ1) is 16.6. The van der Waals surface area contributed by atoms with Gasteiger partial charge in [0.05, 0.1) is 12.7 Å². The van der Waals surface area contributed by atoms with Crippen molar-refractivity contribution < 1.29 is 31.8 Å². The van der Waals surface area contributed by atoms with Crippen LogP contribution in [-0.4, -0.2) is 40.1 Å². The number of aliphatic hydroxyl groups is 1. The number of nitrogens with one attached hydrogen (secondary N) is 1. The SMILES string of the molecule is CN1N=CN(CC(O)(c2ccc(F)cc2F)C(F)(F)c2ccc(OCc3ccccc3F)cn2)N1. The normalized spacial score (nSPS) is 15.4. The Morgan fingerprint density at radius 1 is 1.03 bits per heavy atom. The van der Waals surface area contributed by atoms with E-state index < -0.39 is 46.8 Å². The first-order valence-electron chi connectivity index (χ1n) is 10.3. The second-order valence-corrected chi connectivity index (χ2v) is 7.80. The second-order valence-electron chi connectivity index (χ2n) is 7.80. The van der Waals surface area contributed by atoms with Crippen LogP contribution in [0.3, 0.4) is 0 Å². The number of hydrogen-bond donors (Lipinski definition) is 2. The van der Waals surface area contributed by atoms with Gasteiger partial charge in [0.15, 0.2) is 5.60 Å². The number of β-amino-alcohol motifs (C(OH)–C–C–N with tert-alkyl or cyclic N) is 1. The van der Waals surface area contributed by atoms with Crippen LogP contribution in [0.15, 0.2) is 65.9 Å². The molecule has 12 heteroatoms. The summed E-state index contributed by atoms with van der Waals surface area (Å²) in [5.74, 6) is -6.93. The molecule has 35 heavy (non-hydrogen) atoms. The molecule has 2 N–H and O–H groups in total. The molecule has 0 fully saturated rings. The number of hydrogen-bond acceptors (Lipinski definition) is 7. The summed E-state index contributed by atoms with van der Waals surface area (Å²) in [5.41, 5.74) is -2.11. The van der Waals surface area contributed by atoms with Crippen molar-refractivity contribution in [1.29, 1.82) is 0 Å². The molecule has 2 aromatic carbocycles. The lowest BCUT2D eigenvalue weighted by Gasteiger charge is -2.38. The van der Waals surface area contributed by atoms with E-state index in [0.717, 1.165) is 35.7 Å². The van der Waals surface area contributed by atoms with E-state index >= 15 is 8.78 Å². The summed E-state index contributed by atoms with van der Waals surface area (Å²) < 4.78 is 78.8. The minimum Gasteiger partial charge on any atom is -0.487 e. The molecule has 1 aliphatic rings. The van der Waals surface area contributed by atoms with Crippen LogP contribution in [0.2, 0.25) is 0 Å². The van der Waals surface area contributed by atoms with Gasteiger partial charge in [-0.1, -0.05) is 18.2 Å². The number of hydrazone groups is 1. The minimum atomic E-state index is -4.16. The first kappa shape index (κ1) is 24.4. The number of ether oxygens (including phenoxy) is 1. The Hall–Kier alpha value is -3.77. The molecule has 0 aliphatic carbocycles. The molecule has 0 bridgehead atoms. The molecular weight excluding hydrogens is 473 g/mol. The molecule has 184 valence electrons. The number of rotatable bonds is 8. The molecule has 1 aliphatic heterocycles. The zero-order valence-electron chi connectivity index (χ0n) is 18.3. The highest BCUT2D eigenvalue weighted by molar-refractivity contribution is 5.55. The van der Waals surface area contributed by atoms with Crippen molar-refractivity contribution in [3.05, 3.63) is 95.1 Å². The fourth-order valence-electron chi connectivity index (χ4n) is 3.52. The summed E-state index contributed by atoms with van der Waals surface area (Å²) in [7, 11) is 1.48. The number of hydrazine groups is 2. The fraction of sp³-hybridized carbons (Fsp3) is 0.217. The number of pyridine rings is 1. The van der Waals surface area contributed by atoms with Gasteiger partial charge in [0.1, 0.15) is 41.8 Å². The molecule has 1 atom stereocenters. The maximum atomic E-state index is 15.8. The Kier molecular flexibility index (Phi) is 6.59. The van der Waals surface area contributed by atoms with Gasteiger partial charge >= 0.3 is 5.92 Å². The highest BCUT2D eigenvalue weighted by Crippen LogP contribution is 2.46. The van der Waals surface area contributed by atoms with E-state index in [1.54, 1.807) is 6.07 Å². The van der Waals surface area contributed by atoms with Crippen molar-refractivity contribution in [3.8, 4) is 5.75 Å². The van der Waals surface area contributed by atoms with Gasteiger partial charge < -0.3 is 9.84 Å². The first-order valence-corrected chi connectivity index (χ1v) is 10.3. The van der Waals surface area contributed by atoms with Crippen LogP contribution < -0.4 is 10.3 Å². The Labute approximate surface area is 197 Å². The molecule has 3 aromatic rings. The molecule has 1 unspecified atom stereocenters. The van der Waals surface area contributed by atoms with Crippen molar-refractivity contribution in [2.45, 2.75) is 18.1 Å².